The highest BCUT2D eigenvalue weighted by Gasteiger charge is 2.22. The average Bonchev–Trinajstić information content (AvgIpc) is 2.85. The molecule has 0 aliphatic heterocycles. The molecule has 2 aromatic heterocycles. The smallest absolute Gasteiger partial charge is 0.357 e. The minimum absolute atomic E-state index is 0.316. The number of hydrogen-bond donors (Lipinski definition) is 0. The number of hydrogen-bond acceptors (Lipinski definition) is 5. The normalized spacial score (nSPS) is 10.7. The van der Waals surface area contributed by atoms with Gasteiger partial charge in [0.05, 0.1) is 22.5 Å². The van der Waals surface area contributed by atoms with Crippen molar-refractivity contribution in [2.24, 2.45) is 0 Å². The largest absolute Gasteiger partial charge is 0.461 e. The van der Waals surface area contributed by atoms with E-state index in [9.17, 15) is 4.79 Å². The van der Waals surface area contributed by atoms with Crippen LogP contribution < -0.4 is 0 Å². The molecule has 0 aliphatic carbocycles. The lowest BCUT2D eigenvalue weighted by atomic mass is 10.3. The summed E-state index contributed by atoms with van der Waals surface area (Å²) in [6.07, 6.45) is 0. The highest BCUT2D eigenvalue weighted by atomic mass is 79.9. The van der Waals surface area contributed by atoms with Crippen molar-refractivity contribution in [1.82, 2.24) is 14.9 Å². The molecule has 0 saturated carbocycles. The van der Waals surface area contributed by atoms with Gasteiger partial charge in [0.25, 0.3) is 0 Å². The van der Waals surface area contributed by atoms with Gasteiger partial charge in [0.15, 0.2) is 11.5 Å². The summed E-state index contributed by atoms with van der Waals surface area (Å²) in [5.74, 6) is 0.226. The minimum Gasteiger partial charge on any atom is -0.461 e. The van der Waals surface area contributed by atoms with E-state index < -0.39 is 5.97 Å². The lowest BCUT2D eigenvalue weighted by Gasteiger charge is -2.05. The van der Waals surface area contributed by atoms with Gasteiger partial charge in [0.1, 0.15) is 6.54 Å². The van der Waals surface area contributed by atoms with Gasteiger partial charge >= 0.3 is 5.97 Å². The first-order valence-electron chi connectivity index (χ1n) is 5.85. The maximum atomic E-state index is 11.9. The van der Waals surface area contributed by atoms with E-state index in [1.807, 2.05) is 13.8 Å². The van der Waals surface area contributed by atoms with Gasteiger partial charge in [-0.2, -0.15) is 5.10 Å². The summed E-state index contributed by atoms with van der Waals surface area (Å²) in [6, 6.07) is 1.81. The number of ether oxygens (including phenoxy) is 1. The molecule has 2 heterocycles. The van der Waals surface area contributed by atoms with Crippen LogP contribution in [0.3, 0.4) is 0 Å². The molecular formula is C12H14BrN3O3. The van der Waals surface area contributed by atoms with Crippen molar-refractivity contribution in [2.45, 2.75) is 27.3 Å². The topological polar surface area (TPSA) is 70.2 Å². The van der Waals surface area contributed by atoms with E-state index in [4.69, 9.17) is 9.26 Å². The van der Waals surface area contributed by atoms with Crippen LogP contribution in [-0.2, 0) is 11.3 Å². The van der Waals surface area contributed by atoms with E-state index >= 15 is 0 Å². The summed E-state index contributed by atoms with van der Waals surface area (Å²) in [4.78, 5) is 11.9. The van der Waals surface area contributed by atoms with Crippen molar-refractivity contribution < 1.29 is 14.1 Å². The van der Waals surface area contributed by atoms with Gasteiger partial charge < -0.3 is 9.26 Å². The number of esters is 1. The Morgan fingerprint density at radius 1 is 1.53 bits per heavy atom. The van der Waals surface area contributed by atoms with Gasteiger partial charge in [-0.1, -0.05) is 5.16 Å². The van der Waals surface area contributed by atoms with Crippen LogP contribution in [0.4, 0.5) is 0 Å². The molecule has 6 nitrogen and oxygen atoms in total. The Kier molecular flexibility index (Phi) is 4.04. The third-order valence-corrected chi connectivity index (χ3v) is 3.45. The summed E-state index contributed by atoms with van der Waals surface area (Å²) < 4.78 is 12.4. The second-order valence-electron chi connectivity index (χ2n) is 4.06. The summed E-state index contributed by atoms with van der Waals surface area (Å²) in [5.41, 5.74) is 1.89. The van der Waals surface area contributed by atoms with Crippen LogP contribution in [0.2, 0.25) is 0 Å². The standard InChI is InChI=1S/C12H14BrN3O3/c1-4-18-12(17)11-10(13)8(3)14-16(11)6-9-5-7(2)15-19-9/h5H,4,6H2,1-3H3. The zero-order valence-electron chi connectivity index (χ0n) is 10.9. The predicted octanol–water partition coefficient (Wildman–Crippen LogP) is 2.48. The second kappa shape index (κ2) is 5.56. The fourth-order valence-corrected chi connectivity index (χ4v) is 2.15. The molecule has 19 heavy (non-hydrogen) atoms. The fraction of sp³-hybridized carbons (Fsp3) is 0.417. The number of rotatable bonds is 4. The Balaban J connectivity index is 2.34. The maximum absolute atomic E-state index is 11.9. The number of aryl methyl sites for hydroxylation is 2. The molecule has 0 aliphatic rings. The van der Waals surface area contributed by atoms with Crippen molar-refractivity contribution >= 4 is 21.9 Å². The van der Waals surface area contributed by atoms with E-state index in [1.54, 1.807) is 17.7 Å². The summed E-state index contributed by atoms with van der Waals surface area (Å²) >= 11 is 3.36. The van der Waals surface area contributed by atoms with Crippen LogP contribution in [0.5, 0.6) is 0 Å². The van der Waals surface area contributed by atoms with E-state index in [1.165, 1.54) is 0 Å². The molecule has 0 unspecified atom stereocenters. The van der Waals surface area contributed by atoms with Crippen molar-refractivity contribution in [1.29, 1.82) is 0 Å². The average molecular weight is 328 g/mol. The molecule has 102 valence electrons. The van der Waals surface area contributed by atoms with Crippen LogP contribution in [0.15, 0.2) is 15.1 Å². The van der Waals surface area contributed by atoms with Crippen LogP contribution in [0.25, 0.3) is 0 Å². The zero-order chi connectivity index (χ0) is 14.0. The van der Waals surface area contributed by atoms with Crippen LogP contribution in [0, 0.1) is 13.8 Å². The van der Waals surface area contributed by atoms with Gasteiger partial charge in [-0.25, -0.2) is 9.48 Å². The Bertz CT molecular complexity index is 603. The summed E-state index contributed by atoms with van der Waals surface area (Å²) in [7, 11) is 0. The van der Waals surface area contributed by atoms with Crippen LogP contribution >= 0.6 is 15.9 Å². The number of carbonyl (C=O) groups is 1. The Morgan fingerprint density at radius 3 is 2.84 bits per heavy atom. The first-order chi connectivity index (χ1) is 9.02. The minimum atomic E-state index is -0.411. The number of aromatic nitrogens is 3. The molecule has 0 spiro atoms. The SMILES string of the molecule is CCOC(=O)c1c(Br)c(C)nn1Cc1cc(C)no1. The third kappa shape index (κ3) is 2.86. The van der Waals surface area contributed by atoms with E-state index in [-0.39, 0.29) is 0 Å². The molecule has 2 aromatic rings. The van der Waals surface area contributed by atoms with Crippen molar-refractivity contribution in [3.8, 4) is 0 Å². The molecule has 0 amide bonds. The molecule has 0 atom stereocenters. The predicted molar refractivity (Wildman–Crippen MR) is 71.0 cm³/mol. The molecular weight excluding hydrogens is 314 g/mol. The van der Waals surface area contributed by atoms with Crippen molar-refractivity contribution in [2.75, 3.05) is 6.61 Å². The van der Waals surface area contributed by atoms with E-state index in [2.05, 4.69) is 26.2 Å². The molecule has 0 N–H and O–H groups in total. The van der Waals surface area contributed by atoms with Gasteiger partial charge in [0.2, 0.25) is 0 Å². The molecule has 0 fully saturated rings. The van der Waals surface area contributed by atoms with Crippen molar-refractivity contribution in [3.05, 3.63) is 33.4 Å². The van der Waals surface area contributed by atoms with Gasteiger partial charge in [-0.3, -0.25) is 0 Å². The van der Waals surface area contributed by atoms with Crippen LogP contribution in [-0.4, -0.2) is 27.5 Å². The first-order valence-corrected chi connectivity index (χ1v) is 6.64. The third-order valence-electron chi connectivity index (χ3n) is 2.51. The number of halogens is 1. The molecule has 0 bridgehead atoms. The quantitative estimate of drug-likeness (QED) is 0.807. The molecule has 0 saturated heterocycles. The second-order valence-corrected chi connectivity index (χ2v) is 4.85. The lowest BCUT2D eigenvalue weighted by Crippen LogP contribution is -2.14. The van der Waals surface area contributed by atoms with Gasteiger partial charge in [-0.15, -0.1) is 0 Å². The van der Waals surface area contributed by atoms with Crippen LogP contribution in [0.1, 0.15) is 34.6 Å². The summed E-state index contributed by atoms with van der Waals surface area (Å²) in [5, 5.41) is 8.11. The van der Waals surface area contributed by atoms with Gasteiger partial charge in [-0.05, 0) is 36.7 Å². The lowest BCUT2D eigenvalue weighted by molar-refractivity contribution is 0.0511. The van der Waals surface area contributed by atoms with E-state index in [0.717, 1.165) is 11.4 Å². The molecule has 7 heteroatoms. The molecule has 0 radical (unpaired) electrons. The Morgan fingerprint density at radius 2 is 2.26 bits per heavy atom. The van der Waals surface area contributed by atoms with E-state index in [0.29, 0.717) is 29.1 Å². The van der Waals surface area contributed by atoms with Gasteiger partial charge in [0, 0.05) is 6.07 Å². The number of nitrogens with zero attached hydrogens (tertiary/aromatic N) is 3. The van der Waals surface area contributed by atoms with Crippen molar-refractivity contribution in [3.63, 3.8) is 0 Å². The summed E-state index contributed by atoms with van der Waals surface area (Å²) in [6.45, 7) is 6.07. The highest BCUT2D eigenvalue weighted by molar-refractivity contribution is 9.10. The number of carbonyl (C=O) groups excluding carboxylic acids is 1. The molecule has 0 aromatic carbocycles. The Labute approximate surface area is 118 Å². The Hall–Kier alpha value is -1.63. The molecule has 2 rings (SSSR count). The monoisotopic (exact) mass is 327 g/mol. The zero-order valence-corrected chi connectivity index (χ0v) is 12.5. The highest BCUT2D eigenvalue weighted by Crippen LogP contribution is 2.22. The maximum Gasteiger partial charge on any atom is 0.357 e. The fourth-order valence-electron chi connectivity index (χ4n) is 1.71. The first kappa shape index (κ1) is 13.8.